The molecule has 0 spiro atoms. The van der Waals surface area contributed by atoms with Crippen LogP contribution in [0.2, 0.25) is 0 Å². The van der Waals surface area contributed by atoms with Crippen molar-refractivity contribution < 1.29 is 13.5 Å². The van der Waals surface area contributed by atoms with Gasteiger partial charge >= 0.3 is 0 Å². The molecule has 2 rings (SSSR count). The molecule has 0 fully saturated rings. The van der Waals surface area contributed by atoms with Crippen LogP contribution in [0.4, 0.5) is 4.39 Å². The molecule has 18 heavy (non-hydrogen) atoms. The molecule has 0 unspecified atom stereocenters. The molecule has 0 aliphatic carbocycles. The first-order chi connectivity index (χ1) is 8.68. The highest BCUT2D eigenvalue weighted by atomic mass is 19.1. The molecule has 2 aromatic rings. The molecule has 5 heteroatoms. The Bertz CT molecular complexity index is 538. The van der Waals surface area contributed by atoms with Crippen LogP contribution in [0.1, 0.15) is 16.9 Å². The maximum absolute atomic E-state index is 13.9. The Hall–Kier alpha value is -2.14. The standard InChI is InChI=1S/C13H13FN2O2/c14-12-9(3-1-5-11(12)13(15)16)7-17-8-10-4-2-6-18-10/h1-6H,7-8H2,(H3,15,16). The molecule has 3 N–H and O–H groups in total. The van der Waals surface area contributed by atoms with Gasteiger partial charge in [0.25, 0.3) is 0 Å². The van der Waals surface area contributed by atoms with Gasteiger partial charge in [-0.3, -0.25) is 5.41 Å². The fourth-order valence-electron chi connectivity index (χ4n) is 1.56. The average molecular weight is 248 g/mol. The largest absolute Gasteiger partial charge is 0.467 e. The van der Waals surface area contributed by atoms with Gasteiger partial charge in [0.05, 0.1) is 18.4 Å². The maximum atomic E-state index is 13.9. The van der Waals surface area contributed by atoms with Gasteiger partial charge in [-0.1, -0.05) is 12.1 Å². The molecule has 0 aliphatic rings. The highest BCUT2D eigenvalue weighted by Gasteiger charge is 2.10. The third-order valence-electron chi connectivity index (χ3n) is 2.45. The van der Waals surface area contributed by atoms with E-state index >= 15 is 0 Å². The first-order valence-electron chi connectivity index (χ1n) is 5.40. The normalized spacial score (nSPS) is 10.5. The van der Waals surface area contributed by atoms with Crippen molar-refractivity contribution in [2.24, 2.45) is 5.73 Å². The fourth-order valence-corrected chi connectivity index (χ4v) is 1.56. The molecule has 0 aliphatic heterocycles. The van der Waals surface area contributed by atoms with E-state index in [4.69, 9.17) is 20.3 Å². The SMILES string of the molecule is N=C(N)c1cccc(COCc2ccco2)c1F. The van der Waals surface area contributed by atoms with Crippen LogP contribution < -0.4 is 5.73 Å². The molecule has 0 bridgehead atoms. The number of nitrogen functional groups attached to an aromatic ring is 1. The summed E-state index contributed by atoms with van der Waals surface area (Å²) in [6, 6.07) is 8.25. The third-order valence-corrected chi connectivity index (χ3v) is 2.45. The number of hydrogen-bond acceptors (Lipinski definition) is 3. The maximum Gasteiger partial charge on any atom is 0.139 e. The molecule has 0 atom stereocenters. The molecular formula is C13H13FN2O2. The summed E-state index contributed by atoms with van der Waals surface area (Å²) < 4.78 is 24.3. The summed E-state index contributed by atoms with van der Waals surface area (Å²) in [6.45, 7) is 0.379. The van der Waals surface area contributed by atoms with Crippen LogP contribution in [0.25, 0.3) is 0 Å². The van der Waals surface area contributed by atoms with Crippen molar-refractivity contribution in [3.63, 3.8) is 0 Å². The van der Waals surface area contributed by atoms with Gasteiger partial charge in [0.1, 0.15) is 24.0 Å². The highest BCUT2D eigenvalue weighted by molar-refractivity contribution is 5.95. The van der Waals surface area contributed by atoms with E-state index in [1.54, 1.807) is 30.5 Å². The number of nitrogens with two attached hydrogens (primary N) is 1. The number of rotatable bonds is 5. The molecule has 1 heterocycles. The minimum atomic E-state index is -0.510. The fraction of sp³-hybridized carbons (Fsp3) is 0.154. The second-order valence-electron chi connectivity index (χ2n) is 3.76. The van der Waals surface area contributed by atoms with Crippen LogP contribution in [0.3, 0.4) is 0 Å². The second kappa shape index (κ2) is 5.46. The Labute approximate surface area is 104 Å². The van der Waals surface area contributed by atoms with Gasteiger partial charge in [0, 0.05) is 5.56 Å². The van der Waals surface area contributed by atoms with Crippen LogP contribution in [-0.2, 0) is 18.0 Å². The molecular weight excluding hydrogens is 235 g/mol. The number of halogens is 1. The van der Waals surface area contributed by atoms with Crippen molar-refractivity contribution in [3.8, 4) is 0 Å². The lowest BCUT2D eigenvalue weighted by molar-refractivity contribution is 0.0908. The number of ether oxygens (including phenoxy) is 1. The Kier molecular flexibility index (Phi) is 3.74. The van der Waals surface area contributed by atoms with E-state index in [1.807, 2.05) is 0 Å². The Balaban J connectivity index is 2.01. The Morgan fingerprint density at radius 2 is 2.11 bits per heavy atom. The quantitative estimate of drug-likeness (QED) is 0.630. The van der Waals surface area contributed by atoms with Crippen molar-refractivity contribution in [2.45, 2.75) is 13.2 Å². The van der Waals surface area contributed by atoms with Gasteiger partial charge in [0.2, 0.25) is 0 Å². The van der Waals surface area contributed by atoms with Gasteiger partial charge < -0.3 is 14.9 Å². The lowest BCUT2D eigenvalue weighted by atomic mass is 10.1. The van der Waals surface area contributed by atoms with Crippen molar-refractivity contribution in [1.29, 1.82) is 5.41 Å². The summed E-state index contributed by atoms with van der Waals surface area (Å²) in [4.78, 5) is 0. The van der Waals surface area contributed by atoms with Crippen molar-refractivity contribution in [3.05, 3.63) is 59.3 Å². The zero-order valence-corrected chi connectivity index (χ0v) is 9.65. The summed E-state index contributed by atoms with van der Waals surface area (Å²) in [7, 11) is 0. The zero-order chi connectivity index (χ0) is 13.0. The Morgan fingerprint density at radius 1 is 1.28 bits per heavy atom. The van der Waals surface area contributed by atoms with E-state index in [-0.39, 0.29) is 24.6 Å². The van der Waals surface area contributed by atoms with Gasteiger partial charge in [-0.25, -0.2) is 4.39 Å². The number of benzene rings is 1. The zero-order valence-electron chi connectivity index (χ0n) is 9.65. The third kappa shape index (κ3) is 2.75. The van der Waals surface area contributed by atoms with Crippen LogP contribution in [-0.4, -0.2) is 5.84 Å². The van der Waals surface area contributed by atoms with E-state index in [1.165, 1.54) is 6.07 Å². The minimum absolute atomic E-state index is 0.0918. The minimum Gasteiger partial charge on any atom is -0.467 e. The van der Waals surface area contributed by atoms with E-state index in [9.17, 15) is 4.39 Å². The molecule has 94 valence electrons. The van der Waals surface area contributed by atoms with Gasteiger partial charge in [-0.05, 0) is 18.2 Å². The molecule has 1 aromatic carbocycles. The van der Waals surface area contributed by atoms with Crippen LogP contribution in [0.5, 0.6) is 0 Å². The van der Waals surface area contributed by atoms with Crippen molar-refractivity contribution >= 4 is 5.84 Å². The van der Waals surface area contributed by atoms with Crippen LogP contribution >= 0.6 is 0 Å². The van der Waals surface area contributed by atoms with E-state index in [0.717, 1.165) is 0 Å². The first kappa shape index (κ1) is 12.3. The lowest BCUT2D eigenvalue weighted by Gasteiger charge is -2.07. The molecule has 0 radical (unpaired) electrons. The molecule has 0 saturated heterocycles. The van der Waals surface area contributed by atoms with Gasteiger partial charge in [-0.2, -0.15) is 0 Å². The number of amidine groups is 1. The highest BCUT2D eigenvalue weighted by Crippen LogP contribution is 2.14. The second-order valence-corrected chi connectivity index (χ2v) is 3.76. The van der Waals surface area contributed by atoms with E-state index in [0.29, 0.717) is 11.3 Å². The monoisotopic (exact) mass is 248 g/mol. The molecule has 0 amide bonds. The average Bonchev–Trinajstić information content (AvgIpc) is 2.84. The smallest absolute Gasteiger partial charge is 0.139 e. The van der Waals surface area contributed by atoms with E-state index in [2.05, 4.69) is 0 Å². The van der Waals surface area contributed by atoms with Crippen LogP contribution in [0.15, 0.2) is 41.0 Å². The molecule has 0 saturated carbocycles. The number of nitrogens with one attached hydrogen (secondary N) is 1. The van der Waals surface area contributed by atoms with Gasteiger partial charge in [-0.15, -0.1) is 0 Å². The Morgan fingerprint density at radius 3 is 2.78 bits per heavy atom. The summed E-state index contributed by atoms with van der Waals surface area (Å²) in [5, 5.41) is 7.25. The number of furan rings is 1. The van der Waals surface area contributed by atoms with Gasteiger partial charge in [0.15, 0.2) is 0 Å². The van der Waals surface area contributed by atoms with Crippen LogP contribution in [0, 0.1) is 11.2 Å². The first-order valence-corrected chi connectivity index (χ1v) is 5.40. The predicted molar refractivity (Wildman–Crippen MR) is 64.6 cm³/mol. The summed E-state index contributed by atoms with van der Waals surface area (Å²) in [5.41, 5.74) is 5.74. The number of hydrogen-bond donors (Lipinski definition) is 2. The summed E-state index contributed by atoms with van der Waals surface area (Å²) in [5.74, 6) is -0.122. The molecule has 1 aromatic heterocycles. The summed E-state index contributed by atoms with van der Waals surface area (Å²) >= 11 is 0. The lowest BCUT2D eigenvalue weighted by Crippen LogP contribution is -2.14. The topological polar surface area (TPSA) is 72.2 Å². The summed E-state index contributed by atoms with van der Waals surface area (Å²) in [6.07, 6.45) is 1.55. The van der Waals surface area contributed by atoms with Crippen molar-refractivity contribution in [2.75, 3.05) is 0 Å². The molecule has 4 nitrogen and oxygen atoms in total. The van der Waals surface area contributed by atoms with E-state index < -0.39 is 5.82 Å². The van der Waals surface area contributed by atoms with Crippen molar-refractivity contribution in [1.82, 2.24) is 0 Å². The predicted octanol–water partition coefficient (Wildman–Crippen LogP) is 2.42.